The van der Waals surface area contributed by atoms with Crippen LogP contribution >= 0.6 is 0 Å². The summed E-state index contributed by atoms with van der Waals surface area (Å²) in [5, 5.41) is 8.88. The van der Waals surface area contributed by atoms with E-state index in [1.54, 1.807) is 0 Å². The van der Waals surface area contributed by atoms with Crippen LogP contribution in [0, 0.1) is 0 Å². The third-order valence-electron chi connectivity index (χ3n) is 3.15. The molecule has 0 aliphatic heterocycles. The van der Waals surface area contributed by atoms with Crippen molar-refractivity contribution in [3.63, 3.8) is 0 Å². The van der Waals surface area contributed by atoms with Crippen LogP contribution in [-0.2, 0) is 6.18 Å². The number of halogens is 3. The van der Waals surface area contributed by atoms with Crippen molar-refractivity contribution in [2.75, 3.05) is 11.5 Å². The number of benzene rings is 2. The molecule has 2 rings (SSSR count). The molecule has 0 unspecified atom stereocenters. The van der Waals surface area contributed by atoms with Gasteiger partial charge < -0.3 is 16.6 Å². The van der Waals surface area contributed by atoms with Crippen LogP contribution in [0.3, 0.4) is 0 Å². The number of aromatic carboxylic acids is 1. The lowest BCUT2D eigenvalue weighted by Crippen LogP contribution is -2.12. The van der Waals surface area contributed by atoms with E-state index in [1.807, 2.05) is 0 Å². The molecule has 8 heteroatoms. The van der Waals surface area contributed by atoms with Gasteiger partial charge in [-0.25, -0.2) is 4.79 Å². The van der Waals surface area contributed by atoms with Crippen molar-refractivity contribution in [1.29, 1.82) is 0 Å². The number of hydrogen-bond donors (Lipinski definition) is 3. The van der Waals surface area contributed by atoms with Crippen molar-refractivity contribution in [2.45, 2.75) is 6.18 Å². The summed E-state index contributed by atoms with van der Waals surface area (Å²) in [4.78, 5) is 23.2. The Morgan fingerprint density at radius 1 is 0.913 bits per heavy atom. The van der Waals surface area contributed by atoms with Gasteiger partial charge in [-0.3, -0.25) is 4.79 Å². The lowest BCUT2D eigenvalue weighted by Gasteiger charge is -2.11. The molecule has 0 saturated carbocycles. The van der Waals surface area contributed by atoms with Crippen molar-refractivity contribution < 1.29 is 27.9 Å². The van der Waals surface area contributed by atoms with Crippen LogP contribution in [0.1, 0.15) is 31.8 Å². The summed E-state index contributed by atoms with van der Waals surface area (Å²) in [6.07, 6.45) is -4.51. The first-order valence-electron chi connectivity index (χ1n) is 6.25. The van der Waals surface area contributed by atoms with E-state index in [9.17, 15) is 22.8 Å². The highest BCUT2D eigenvalue weighted by Gasteiger charge is 2.30. The van der Waals surface area contributed by atoms with E-state index in [0.29, 0.717) is 0 Å². The van der Waals surface area contributed by atoms with Crippen LogP contribution < -0.4 is 11.5 Å². The Kier molecular flexibility index (Phi) is 4.00. The van der Waals surface area contributed by atoms with Gasteiger partial charge in [-0.15, -0.1) is 0 Å². The van der Waals surface area contributed by atoms with Gasteiger partial charge in [0.25, 0.3) is 0 Å². The molecule has 0 amide bonds. The average Bonchev–Trinajstić information content (AvgIpc) is 2.45. The van der Waals surface area contributed by atoms with Crippen LogP contribution in [-0.4, -0.2) is 16.9 Å². The number of anilines is 2. The average molecular weight is 324 g/mol. The summed E-state index contributed by atoms with van der Waals surface area (Å²) in [5.74, 6) is -1.96. The fourth-order valence-electron chi connectivity index (χ4n) is 2.03. The predicted octanol–water partition coefficient (Wildman–Crippen LogP) is 2.80. The zero-order valence-corrected chi connectivity index (χ0v) is 11.5. The summed E-state index contributed by atoms with van der Waals surface area (Å²) in [5.41, 5.74) is 9.72. The van der Waals surface area contributed by atoms with E-state index in [1.165, 1.54) is 0 Å². The van der Waals surface area contributed by atoms with Crippen molar-refractivity contribution >= 4 is 23.1 Å². The van der Waals surface area contributed by atoms with Gasteiger partial charge in [-0.1, -0.05) is 12.1 Å². The molecule has 2 aromatic carbocycles. The van der Waals surface area contributed by atoms with Crippen molar-refractivity contribution in [1.82, 2.24) is 0 Å². The van der Waals surface area contributed by atoms with Gasteiger partial charge in [0.2, 0.25) is 0 Å². The first kappa shape index (κ1) is 16.3. The lowest BCUT2D eigenvalue weighted by atomic mass is 9.97. The van der Waals surface area contributed by atoms with Crippen LogP contribution in [0.4, 0.5) is 24.5 Å². The SMILES string of the molecule is Nc1cc(C(=O)O)cc(N)c1C(=O)c1ccc(C(F)(F)F)cc1. The molecule has 0 saturated heterocycles. The fourth-order valence-corrected chi connectivity index (χ4v) is 2.03. The number of carboxylic acids is 1. The maximum absolute atomic E-state index is 12.5. The van der Waals surface area contributed by atoms with Crippen LogP contribution in [0.2, 0.25) is 0 Å². The molecule has 0 heterocycles. The highest BCUT2D eigenvalue weighted by molar-refractivity contribution is 6.16. The lowest BCUT2D eigenvalue weighted by molar-refractivity contribution is -0.137. The van der Waals surface area contributed by atoms with Gasteiger partial charge >= 0.3 is 12.1 Å². The first-order valence-corrected chi connectivity index (χ1v) is 6.25. The quantitative estimate of drug-likeness (QED) is 0.594. The number of carboxylic acid groups (broad SMARTS) is 1. The Bertz CT molecular complexity index is 761. The molecule has 0 fully saturated rings. The van der Waals surface area contributed by atoms with Gasteiger partial charge in [0.15, 0.2) is 5.78 Å². The Balaban J connectivity index is 2.43. The third-order valence-corrected chi connectivity index (χ3v) is 3.15. The van der Waals surface area contributed by atoms with Crippen molar-refractivity contribution in [3.8, 4) is 0 Å². The van der Waals surface area contributed by atoms with Gasteiger partial charge in [0.05, 0.1) is 16.7 Å². The van der Waals surface area contributed by atoms with Gasteiger partial charge in [0.1, 0.15) is 0 Å². The second-order valence-corrected chi connectivity index (χ2v) is 4.74. The molecule has 0 radical (unpaired) electrons. The summed E-state index contributed by atoms with van der Waals surface area (Å²) in [6, 6.07) is 5.69. The normalized spacial score (nSPS) is 11.3. The van der Waals surface area contributed by atoms with Crippen LogP contribution in [0.15, 0.2) is 36.4 Å². The Labute approximate surface area is 128 Å². The maximum atomic E-state index is 12.5. The first-order chi connectivity index (χ1) is 10.6. The summed E-state index contributed by atoms with van der Waals surface area (Å²) >= 11 is 0. The Morgan fingerprint density at radius 3 is 1.78 bits per heavy atom. The molecule has 23 heavy (non-hydrogen) atoms. The molecule has 120 valence electrons. The second kappa shape index (κ2) is 5.64. The third kappa shape index (κ3) is 3.25. The molecule has 5 N–H and O–H groups in total. The van der Waals surface area contributed by atoms with E-state index in [-0.39, 0.29) is 28.1 Å². The Hall–Kier alpha value is -3.03. The number of rotatable bonds is 3. The molecule has 0 atom stereocenters. The number of ketones is 1. The molecule has 2 aromatic rings. The number of nitrogens with two attached hydrogens (primary N) is 2. The molecule has 0 aliphatic rings. The zero-order valence-electron chi connectivity index (χ0n) is 11.5. The molecule has 0 bridgehead atoms. The fraction of sp³-hybridized carbons (Fsp3) is 0.0667. The number of carbonyl (C=O) groups is 2. The highest BCUT2D eigenvalue weighted by atomic mass is 19.4. The van der Waals surface area contributed by atoms with E-state index >= 15 is 0 Å². The monoisotopic (exact) mass is 324 g/mol. The highest BCUT2D eigenvalue weighted by Crippen LogP contribution is 2.30. The van der Waals surface area contributed by atoms with Crippen molar-refractivity contribution in [3.05, 3.63) is 58.7 Å². The number of nitrogen functional groups attached to an aromatic ring is 2. The molecule has 5 nitrogen and oxygen atoms in total. The van der Waals surface area contributed by atoms with Crippen LogP contribution in [0.25, 0.3) is 0 Å². The largest absolute Gasteiger partial charge is 0.478 e. The van der Waals surface area contributed by atoms with E-state index in [0.717, 1.165) is 36.4 Å². The van der Waals surface area contributed by atoms with E-state index in [2.05, 4.69) is 0 Å². The van der Waals surface area contributed by atoms with Crippen molar-refractivity contribution in [2.24, 2.45) is 0 Å². The molecular formula is C15H11F3N2O3. The maximum Gasteiger partial charge on any atom is 0.416 e. The Morgan fingerprint density at radius 2 is 1.39 bits per heavy atom. The van der Waals surface area contributed by atoms with E-state index in [4.69, 9.17) is 16.6 Å². The minimum Gasteiger partial charge on any atom is -0.478 e. The minimum absolute atomic E-state index is 0.0422. The summed E-state index contributed by atoms with van der Waals surface area (Å²) in [6.45, 7) is 0. The van der Waals surface area contributed by atoms with Gasteiger partial charge in [-0.05, 0) is 24.3 Å². The van der Waals surface area contributed by atoms with E-state index < -0.39 is 23.5 Å². The summed E-state index contributed by atoms with van der Waals surface area (Å²) < 4.78 is 37.5. The van der Waals surface area contributed by atoms with Gasteiger partial charge in [-0.2, -0.15) is 13.2 Å². The minimum atomic E-state index is -4.51. The molecule has 0 spiro atoms. The zero-order chi connectivity index (χ0) is 17.4. The molecule has 0 aromatic heterocycles. The number of carbonyl (C=O) groups excluding carboxylic acids is 1. The predicted molar refractivity (Wildman–Crippen MR) is 77.1 cm³/mol. The van der Waals surface area contributed by atoms with Gasteiger partial charge in [0, 0.05) is 16.9 Å². The molecular weight excluding hydrogens is 313 g/mol. The molecule has 0 aliphatic carbocycles. The number of hydrogen-bond acceptors (Lipinski definition) is 4. The smallest absolute Gasteiger partial charge is 0.416 e. The topological polar surface area (TPSA) is 106 Å². The van der Waals surface area contributed by atoms with Crippen LogP contribution in [0.5, 0.6) is 0 Å². The summed E-state index contributed by atoms with van der Waals surface area (Å²) in [7, 11) is 0. The second-order valence-electron chi connectivity index (χ2n) is 4.74. The standard InChI is InChI=1S/C15H11F3N2O3/c16-15(17,18)9-3-1-7(2-4-9)13(21)12-10(19)5-8(14(22)23)6-11(12)20/h1-6H,19-20H2,(H,22,23). The number of alkyl halides is 3.